The number of nitrogens with zero attached hydrogens (tertiary/aromatic N) is 2. The van der Waals surface area contributed by atoms with E-state index >= 15 is 0 Å². The van der Waals surface area contributed by atoms with E-state index in [-0.39, 0.29) is 11.4 Å². The number of hydrogen-bond acceptors (Lipinski definition) is 4. The minimum atomic E-state index is -3.56. The maximum atomic E-state index is 14.2. The summed E-state index contributed by atoms with van der Waals surface area (Å²) in [6.07, 6.45) is 3.79. The van der Waals surface area contributed by atoms with E-state index in [0.29, 0.717) is 17.8 Å². The number of aromatic nitrogens is 3. The van der Waals surface area contributed by atoms with Gasteiger partial charge in [-0.05, 0) is 30.7 Å². The zero-order valence-corrected chi connectivity index (χ0v) is 13.2. The van der Waals surface area contributed by atoms with E-state index in [1.54, 1.807) is 31.5 Å². The lowest BCUT2D eigenvalue weighted by Gasteiger charge is -2.09. The van der Waals surface area contributed by atoms with Crippen LogP contribution in [0.25, 0.3) is 22.3 Å². The third-order valence-corrected chi connectivity index (χ3v) is 4.80. The number of rotatable bonds is 5. The van der Waals surface area contributed by atoms with Gasteiger partial charge < -0.3 is 4.98 Å². The molecule has 2 N–H and O–H groups in total. The van der Waals surface area contributed by atoms with Gasteiger partial charge in [-0.1, -0.05) is 6.92 Å². The SMILES string of the molecule is CCCS(=O)(=O)Nc1ccc(-c2ccnc3[nH]ccc23)nc1F. The van der Waals surface area contributed by atoms with Gasteiger partial charge in [-0.25, -0.2) is 18.4 Å². The summed E-state index contributed by atoms with van der Waals surface area (Å²) in [6.45, 7) is 1.74. The predicted molar refractivity (Wildman–Crippen MR) is 87.0 cm³/mol. The molecule has 0 bridgehead atoms. The fraction of sp³-hybridized carbons (Fsp3) is 0.200. The fourth-order valence-electron chi connectivity index (χ4n) is 2.33. The monoisotopic (exact) mass is 334 g/mol. The molecular formula is C15H15FN4O2S. The van der Waals surface area contributed by atoms with Crippen LogP contribution in [0.1, 0.15) is 13.3 Å². The molecule has 0 amide bonds. The van der Waals surface area contributed by atoms with Crippen LogP contribution in [0.15, 0.2) is 36.7 Å². The first-order chi connectivity index (χ1) is 11.0. The molecule has 0 radical (unpaired) electrons. The van der Waals surface area contributed by atoms with Crippen molar-refractivity contribution in [1.29, 1.82) is 0 Å². The van der Waals surface area contributed by atoms with Crippen LogP contribution in [0, 0.1) is 5.95 Å². The van der Waals surface area contributed by atoms with Crippen LogP contribution < -0.4 is 4.72 Å². The molecular weight excluding hydrogens is 319 g/mol. The van der Waals surface area contributed by atoms with E-state index in [1.807, 2.05) is 6.07 Å². The van der Waals surface area contributed by atoms with Crippen molar-refractivity contribution in [2.45, 2.75) is 13.3 Å². The molecule has 0 aliphatic rings. The number of sulfonamides is 1. The fourth-order valence-corrected chi connectivity index (χ4v) is 3.46. The van der Waals surface area contributed by atoms with Crippen LogP contribution >= 0.6 is 0 Å². The third-order valence-electron chi connectivity index (χ3n) is 3.32. The van der Waals surface area contributed by atoms with Gasteiger partial charge >= 0.3 is 0 Å². The predicted octanol–water partition coefficient (Wildman–Crippen LogP) is 2.92. The van der Waals surface area contributed by atoms with Crippen molar-refractivity contribution in [1.82, 2.24) is 15.0 Å². The molecule has 3 heterocycles. The lowest BCUT2D eigenvalue weighted by molar-refractivity contribution is 0.584. The van der Waals surface area contributed by atoms with Crippen molar-refractivity contribution < 1.29 is 12.8 Å². The lowest BCUT2D eigenvalue weighted by Crippen LogP contribution is -2.17. The molecule has 0 unspecified atom stereocenters. The highest BCUT2D eigenvalue weighted by atomic mass is 32.2. The van der Waals surface area contributed by atoms with E-state index in [0.717, 1.165) is 10.9 Å². The molecule has 0 fully saturated rings. The van der Waals surface area contributed by atoms with E-state index in [4.69, 9.17) is 0 Å². The second kappa shape index (κ2) is 5.96. The second-order valence-electron chi connectivity index (χ2n) is 5.05. The maximum absolute atomic E-state index is 14.2. The minimum absolute atomic E-state index is 0.0669. The molecule has 6 nitrogen and oxygen atoms in total. The number of aromatic amines is 1. The Labute approximate surface area is 132 Å². The number of anilines is 1. The summed E-state index contributed by atoms with van der Waals surface area (Å²) in [7, 11) is -3.56. The smallest absolute Gasteiger partial charge is 0.237 e. The Morgan fingerprint density at radius 1 is 1.26 bits per heavy atom. The van der Waals surface area contributed by atoms with Gasteiger partial charge in [0.25, 0.3) is 0 Å². The van der Waals surface area contributed by atoms with Crippen molar-refractivity contribution in [3.63, 3.8) is 0 Å². The Kier molecular flexibility index (Phi) is 3.99. The molecule has 0 aliphatic heterocycles. The minimum Gasteiger partial charge on any atom is -0.346 e. The summed E-state index contributed by atoms with van der Waals surface area (Å²) in [5, 5.41) is 0.818. The Hall–Kier alpha value is -2.48. The number of nitrogens with one attached hydrogen (secondary N) is 2. The van der Waals surface area contributed by atoms with Gasteiger partial charge in [0.2, 0.25) is 16.0 Å². The first kappa shape index (κ1) is 15.4. The molecule has 3 aromatic rings. The summed E-state index contributed by atoms with van der Waals surface area (Å²) in [5.74, 6) is -0.926. The highest BCUT2D eigenvalue weighted by Crippen LogP contribution is 2.27. The largest absolute Gasteiger partial charge is 0.346 e. The summed E-state index contributed by atoms with van der Waals surface area (Å²) in [6, 6.07) is 6.52. The molecule has 23 heavy (non-hydrogen) atoms. The lowest BCUT2D eigenvalue weighted by atomic mass is 10.1. The zero-order valence-electron chi connectivity index (χ0n) is 12.4. The zero-order chi connectivity index (χ0) is 16.4. The number of fused-ring (bicyclic) bond motifs is 1. The molecule has 120 valence electrons. The van der Waals surface area contributed by atoms with Gasteiger partial charge in [-0.15, -0.1) is 0 Å². The third kappa shape index (κ3) is 3.16. The van der Waals surface area contributed by atoms with Gasteiger partial charge in [0.05, 0.1) is 11.4 Å². The standard InChI is InChI=1S/C15H15FN4O2S/c1-2-9-23(21,22)20-13-4-3-12(19-14(13)16)10-5-7-17-15-11(10)6-8-18-15/h3-8,20H,2,9H2,1H3,(H,17,18). The Morgan fingerprint density at radius 2 is 2.09 bits per heavy atom. The number of pyridine rings is 2. The number of halogens is 1. The average Bonchev–Trinajstić information content (AvgIpc) is 2.97. The van der Waals surface area contributed by atoms with Crippen molar-refractivity contribution in [2.24, 2.45) is 0 Å². The summed E-state index contributed by atoms with van der Waals surface area (Å²) >= 11 is 0. The van der Waals surface area contributed by atoms with Crippen LogP contribution in [0.2, 0.25) is 0 Å². The second-order valence-corrected chi connectivity index (χ2v) is 6.90. The Balaban J connectivity index is 1.98. The summed E-state index contributed by atoms with van der Waals surface area (Å²) < 4.78 is 39.8. The maximum Gasteiger partial charge on any atom is 0.237 e. The number of hydrogen-bond donors (Lipinski definition) is 2. The molecule has 3 rings (SSSR count). The highest BCUT2D eigenvalue weighted by Gasteiger charge is 2.15. The summed E-state index contributed by atoms with van der Waals surface area (Å²) in [4.78, 5) is 11.0. The van der Waals surface area contributed by atoms with Crippen LogP contribution in [-0.2, 0) is 10.0 Å². The quantitative estimate of drug-likeness (QED) is 0.702. The van der Waals surface area contributed by atoms with Crippen LogP contribution in [0.5, 0.6) is 0 Å². The molecule has 0 saturated heterocycles. The van der Waals surface area contributed by atoms with E-state index in [1.165, 1.54) is 6.07 Å². The summed E-state index contributed by atoms with van der Waals surface area (Å²) in [5.41, 5.74) is 1.66. The van der Waals surface area contributed by atoms with Gasteiger partial charge in [-0.3, -0.25) is 4.72 Å². The molecule has 0 atom stereocenters. The Bertz CT molecular complexity index is 953. The van der Waals surface area contributed by atoms with Gasteiger partial charge in [0, 0.05) is 23.3 Å². The van der Waals surface area contributed by atoms with E-state index in [9.17, 15) is 12.8 Å². The van der Waals surface area contributed by atoms with Crippen LogP contribution in [-0.4, -0.2) is 29.1 Å². The van der Waals surface area contributed by atoms with Crippen molar-refractivity contribution >= 4 is 26.7 Å². The van der Waals surface area contributed by atoms with Gasteiger partial charge in [0.15, 0.2) is 0 Å². The molecule has 8 heteroatoms. The molecule has 0 aromatic carbocycles. The Morgan fingerprint density at radius 3 is 2.83 bits per heavy atom. The first-order valence-corrected chi connectivity index (χ1v) is 8.75. The first-order valence-electron chi connectivity index (χ1n) is 7.09. The highest BCUT2D eigenvalue weighted by molar-refractivity contribution is 7.92. The molecule has 0 spiro atoms. The number of H-pyrrole nitrogens is 1. The van der Waals surface area contributed by atoms with Gasteiger partial charge in [0.1, 0.15) is 11.3 Å². The van der Waals surface area contributed by atoms with Crippen LogP contribution in [0.4, 0.5) is 10.1 Å². The van der Waals surface area contributed by atoms with E-state index < -0.39 is 16.0 Å². The normalized spacial score (nSPS) is 11.7. The topological polar surface area (TPSA) is 87.7 Å². The average molecular weight is 334 g/mol. The molecule has 3 aromatic heterocycles. The van der Waals surface area contributed by atoms with Gasteiger partial charge in [-0.2, -0.15) is 4.39 Å². The van der Waals surface area contributed by atoms with Crippen molar-refractivity contribution in [2.75, 3.05) is 10.5 Å². The van der Waals surface area contributed by atoms with Crippen molar-refractivity contribution in [3.8, 4) is 11.3 Å². The molecule has 0 aliphatic carbocycles. The van der Waals surface area contributed by atoms with E-state index in [2.05, 4.69) is 19.7 Å². The molecule has 0 saturated carbocycles. The van der Waals surface area contributed by atoms with Crippen LogP contribution in [0.3, 0.4) is 0 Å². The van der Waals surface area contributed by atoms with Crippen molar-refractivity contribution in [3.05, 3.63) is 42.6 Å².